The van der Waals surface area contributed by atoms with Gasteiger partial charge in [0, 0.05) is 23.6 Å². The minimum Gasteiger partial charge on any atom is -0.464 e. The van der Waals surface area contributed by atoms with Gasteiger partial charge in [-0.2, -0.15) is 0 Å². The molecule has 1 fully saturated rings. The van der Waals surface area contributed by atoms with Crippen molar-refractivity contribution in [2.75, 3.05) is 45.2 Å². The lowest BCUT2D eigenvalue weighted by Gasteiger charge is -2.32. The van der Waals surface area contributed by atoms with Crippen LogP contribution in [0.15, 0.2) is 0 Å². The van der Waals surface area contributed by atoms with Gasteiger partial charge < -0.3 is 14.0 Å². The van der Waals surface area contributed by atoms with E-state index in [4.69, 9.17) is 14.0 Å². The van der Waals surface area contributed by atoms with E-state index in [-0.39, 0.29) is 17.3 Å². The SMILES string of the molecule is CCC(C)(C)SP(=O)(OC(C)(C)C)SCCOC(=O)C(C)(C)CCN1CCOCC1. The van der Waals surface area contributed by atoms with Crippen molar-refractivity contribution in [1.29, 1.82) is 0 Å². The summed E-state index contributed by atoms with van der Waals surface area (Å²) in [6.07, 6.45) is 1.63. The van der Waals surface area contributed by atoms with Gasteiger partial charge in [-0.15, -0.1) is 0 Å². The molecule has 1 aliphatic heterocycles. The summed E-state index contributed by atoms with van der Waals surface area (Å²) < 4.78 is 30.2. The number of hydrogen-bond acceptors (Lipinski definition) is 8. The predicted octanol–water partition coefficient (Wildman–Crippen LogP) is 5.86. The zero-order valence-electron chi connectivity index (χ0n) is 20.1. The van der Waals surface area contributed by atoms with E-state index >= 15 is 0 Å². The van der Waals surface area contributed by atoms with Crippen LogP contribution < -0.4 is 0 Å². The van der Waals surface area contributed by atoms with Gasteiger partial charge >= 0.3 is 11.7 Å². The zero-order valence-corrected chi connectivity index (χ0v) is 22.6. The summed E-state index contributed by atoms with van der Waals surface area (Å²) in [6.45, 7) is 20.3. The topological polar surface area (TPSA) is 65.1 Å². The van der Waals surface area contributed by atoms with E-state index in [1.807, 2.05) is 34.6 Å². The summed E-state index contributed by atoms with van der Waals surface area (Å²) in [5.41, 5.74) is -1.05. The van der Waals surface area contributed by atoms with Crippen molar-refractivity contribution >= 4 is 34.5 Å². The molecule has 6 nitrogen and oxygen atoms in total. The lowest BCUT2D eigenvalue weighted by atomic mass is 9.89. The monoisotopic (exact) mass is 483 g/mol. The van der Waals surface area contributed by atoms with Crippen LogP contribution in [0.3, 0.4) is 0 Å². The first kappa shape index (κ1) is 28.3. The molecule has 1 unspecified atom stereocenters. The maximum Gasteiger partial charge on any atom is 0.314 e. The van der Waals surface area contributed by atoms with Gasteiger partial charge in [0.1, 0.15) is 6.61 Å². The molecule has 0 amide bonds. The van der Waals surface area contributed by atoms with Crippen LogP contribution in [-0.4, -0.2) is 66.4 Å². The number of carbonyl (C=O) groups excluding carboxylic acids is 1. The highest BCUT2D eigenvalue weighted by molar-refractivity contribution is 8.89. The largest absolute Gasteiger partial charge is 0.464 e. The van der Waals surface area contributed by atoms with Gasteiger partial charge in [-0.05, 0) is 54.0 Å². The van der Waals surface area contributed by atoms with E-state index in [1.165, 1.54) is 22.8 Å². The number of morpholine rings is 1. The van der Waals surface area contributed by atoms with Crippen molar-refractivity contribution in [3.63, 3.8) is 0 Å². The van der Waals surface area contributed by atoms with E-state index in [2.05, 4.69) is 25.7 Å². The number of rotatable bonds is 12. The first-order valence-electron chi connectivity index (χ1n) is 10.8. The third-order valence-corrected chi connectivity index (χ3v) is 13.0. The molecule has 0 aromatic rings. The maximum absolute atomic E-state index is 13.5. The molecule has 0 spiro atoms. The molecule has 1 saturated heterocycles. The summed E-state index contributed by atoms with van der Waals surface area (Å²) in [4.78, 5) is 14.9. The fourth-order valence-electron chi connectivity index (χ4n) is 2.62. The molecule has 178 valence electrons. The number of esters is 1. The maximum atomic E-state index is 13.5. The highest BCUT2D eigenvalue weighted by atomic mass is 33.1. The van der Waals surface area contributed by atoms with Crippen LogP contribution in [-0.2, 0) is 23.4 Å². The second-order valence-corrected chi connectivity index (χ2v) is 17.8. The molecule has 0 bridgehead atoms. The Morgan fingerprint density at radius 1 is 1.10 bits per heavy atom. The van der Waals surface area contributed by atoms with Crippen molar-refractivity contribution < 1.29 is 23.4 Å². The Balaban J connectivity index is 2.51. The van der Waals surface area contributed by atoms with Gasteiger partial charge in [0.05, 0.1) is 24.2 Å². The standard InChI is InChI=1S/C21H42NO5PS2/c1-9-21(7,8)30-28(24,27-19(2,3)4)29-17-16-26-18(23)20(5,6)10-11-22-12-14-25-15-13-22/h9-17H2,1-8H3. The summed E-state index contributed by atoms with van der Waals surface area (Å²) in [6, 6.07) is 0. The Hall–Kier alpha value is 0.280. The lowest BCUT2D eigenvalue weighted by molar-refractivity contribution is -0.153. The van der Waals surface area contributed by atoms with Crippen LogP contribution in [0.1, 0.15) is 68.2 Å². The van der Waals surface area contributed by atoms with Gasteiger partial charge in [-0.25, -0.2) is 0 Å². The summed E-state index contributed by atoms with van der Waals surface area (Å²) in [5.74, 6) is -2.74. The van der Waals surface area contributed by atoms with Crippen molar-refractivity contribution in [3.05, 3.63) is 0 Å². The molecule has 1 aliphatic rings. The Labute approximate surface area is 191 Å². The van der Waals surface area contributed by atoms with Crippen molar-refractivity contribution in [1.82, 2.24) is 4.90 Å². The van der Waals surface area contributed by atoms with Crippen LogP contribution in [0.4, 0.5) is 0 Å². The number of carbonyl (C=O) groups is 1. The zero-order chi connectivity index (χ0) is 23.1. The molecule has 0 aromatic heterocycles. The van der Waals surface area contributed by atoms with Crippen LogP contribution >= 0.6 is 28.5 Å². The van der Waals surface area contributed by atoms with Crippen LogP contribution in [0.25, 0.3) is 0 Å². The van der Waals surface area contributed by atoms with E-state index in [0.717, 1.165) is 45.7 Å². The van der Waals surface area contributed by atoms with Crippen LogP contribution in [0.2, 0.25) is 0 Å². The van der Waals surface area contributed by atoms with Crippen LogP contribution in [0.5, 0.6) is 0 Å². The average Bonchev–Trinajstić information content (AvgIpc) is 2.62. The normalized spacial score (nSPS) is 18.8. The van der Waals surface area contributed by atoms with Crippen molar-refractivity contribution in [2.24, 2.45) is 5.41 Å². The van der Waals surface area contributed by atoms with Crippen LogP contribution in [0, 0.1) is 5.41 Å². The molecular weight excluding hydrogens is 441 g/mol. The minimum absolute atomic E-state index is 0.147. The highest BCUT2D eigenvalue weighted by Gasteiger charge is 2.37. The van der Waals surface area contributed by atoms with Crippen molar-refractivity contribution in [2.45, 2.75) is 78.6 Å². The highest BCUT2D eigenvalue weighted by Crippen LogP contribution is 2.74. The fraction of sp³-hybridized carbons (Fsp3) is 0.952. The van der Waals surface area contributed by atoms with Gasteiger partial charge in [-0.3, -0.25) is 14.3 Å². The molecule has 9 heteroatoms. The third kappa shape index (κ3) is 11.2. The quantitative estimate of drug-likeness (QED) is 0.194. The molecule has 1 heterocycles. The van der Waals surface area contributed by atoms with Crippen molar-refractivity contribution in [3.8, 4) is 0 Å². The molecule has 0 saturated carbocycles. The van der Waals surface area contributed by atoms with E-state index in [1.54, 1.807) is 0 Å². The smallest absolute Gasteiger partial charge is 0.314 e. The van der Waals surface area contributed by atoms with Gasteiger partial charge in [0.25, 0.3) is 0 Å². The molecule has 30 heavy (non-hydrogen) atoms. The molecule has 0 aromatic carbocycles. The summed E-state index contributed by atoms with van der Waals surface area (Å²) >= 11 is 2.68. The molecule has 0 radical (unpaired) electrons. The van der Waals surface area contributed by atoms with Gasteiger partial charge in [0.2, 0.25) is 0 Å². The minimum atomic E-state index is -2.99. The summed E-state index contributed by atoms with van der Waals surface area (Å²) in [7, 11) is 0. The number of ether oxygens (including phenoxy) is 2. The molecule has 0 aliphatic carbocycles. The molecule has 1 rings (SSSR count). The van der Waals surface area contributed by atoms with E-state index in [9.17, 15) is 9.36 Å². The Morgan fingerprint density at radius 2 is 1.70 bits per heavy atom. The van der Waals surface area contributed by atoms with Gasteiger partial charge in [0.15, 0.2) is 0 Å². The first-order valence-corrected chi connectivity index (χ1v) is 15.5. The van der Waals surface area contributed by atoms with E-state index in [0.29, 0.717) is 5.75 Å². The predicted molar refractivity (Wildman–Crippen MR) is 129 cm³/mol. The fourth-order valence-corrected chi connectivity index (χ4v) is 12.4. The molecule has 1 atom stereocenters. The lowest BCUT2D eigenvalue weighted by Crippen LogP contribution is -2.39. The van der Waals surface area contributed by atoms with Gasteiger partial charge in [-0.1, -0.05) is 43.5 Å². The Kier molecular flexibility index (Phi) is 11.3. The Morgan fingerprint density at radius 3 is 2.23 bits per heavy atom. The number of hydrogen-bond donors (Lipinski definition) is 0. The van der Waals surface area contributed by atoms with E-state index < -0.39 is 16.8 Å². The summed E-state index contributed by atoms with van der Waals surface area (Å²) in [5, 5.41) is 0. The average molecular weight is 484 g/mol. The molecule has 0 N–H and O–H groups in total. The second kappa shape index (κ2) is 11.9. The third-order valence-electron chi connectivity index (χ3n) is 4.87. The number of nitrogens with zero attached hydrogens (tertiary/aromatic N) is 1. The Bertz CT molecular complexity index is 586. The second-order valence-electron chi connectivity index (χ2n) is 9.91. The first-order chi connectivity index (χ1) is 13.7. The molecular formula is C21H42NO5PS2.